The van der Waals surface area contributed by atoms with E-state index in [1.165, 1.54) is 17.1 Å². The fraction of sp³-hybridized carbons (Fsp3) is 0.312. The van der Waals surface area contributed by atoms with E-state index in [9.17, 15) is 5.26 Å². The molecule has 0 radical (unpaired) electrons. The lowest BCUT2D eigenvalue weighted by atomic mass is 10.0. The Bertz CT molecular complexity index is 749. The molecule has 118 valence electrons. The van der Waals surface area contributed by atoms with Gasteiger partial charge in [-0.25, -0.2) is 4.98 Å². The molecule has 0 atom stereocenters. The second-order valence-electron chi connectivity index (χ2n) is 5.39. The molecule has 0 unspecified atom stereocenters. The summed E-state index contributed by atoms with van der Waals surface area (Å²) in [5, 5.41) is 9.32. The minimum Gasteiger partial charge on any atom is -0.382 e. The fourth-order valence-electron chi connectivity index (χ4n) is 2.65. The van der Waals surface area contributed by atoms with Gasteiger partial charge in [-0.15, -0.1) is 0 Å². The number of aromatic nitrogens is 2. The van der Waals surface area contributed by atoms with Crippen molar-refractivity contribution >= 4 is 23.5 Å². The van der Waals surface area contributed by atoms with Gasteiger partial charge in [0, 0.05) is 36.7 Å². The maximum atomic E-state index is 9.32. The monoisotopic (exact) mass is 326 g/mol. The largest absolute Gasteiger partial charge is 0.382 e. The standard InChI is InChI=1S/C16H18N6S/c17-9-13-14(20-16(19)21-15(13)18)12-3-1-2-11(8-12)10-22-4-6-23-7-5-22/h1-3,8H,4-7,10H2,(H4,18,19,20,21). The Morgan fingerprint density at radius 2 is 2.00 bits per heavy atom. The topological polar surface area (TPSA) is 105 Å². The quantitative estimate of drug-likeness (QED) is 0.885. The van der Waals surface area contributed by atoms with Crippen molar-refractivity contribution in [1.29, 1.82) is 5.26 Å². The summed E-state index contributed by atoms with van der Waals surface area (Å²) in [6.45, 7) is 3.10. The first-order valence-electron chi connectivity index (χ1n) is 7.40. The van der Waals surface area contributed by atoms with E-state index in [0.29, 0.717) is 5.69 Å². The minimum absolute atomic E-state index is 0.0787. The van der Waals surface area contributed by atoms with Crippen LogP contribution in [0.2, 0.25) is 0 Å². The van der Waals surface area contributed by atoms with Crippen molar-refractivity contribution in [2.45, 2.75) is 6.54 Å². The summed E-state index contributed by atoms with van der Waals surface area (Å²) in [7, 11) is 0. The number of nitrogens with two attached hydrogens (primary N) is 2. The highest BCUT2D eigenvalue weighted by Crippen LogP contribution is 2.26. The van der Waals surface area contributed by atoms with E-state index >= 15 is 0 Å². The van der Waals surface area contributed by atoms with Crippen LogP contribution in [0.3, 0.4) is 0 Å². The number of nitrogens with zero attached hydrogens (tertiary/aromatic N) is 4. The van der Waals surface area contributed by atoms with Gasteiger partial charge >= 0.3 is 0 Å². The van der Waals surface area contributed by atoms with Gasteiger partial charge in [0.1, 0.15) is 17.5 Å². The Balaban J connectivity index is 1.92. The van der Waals surface area contributed by atoms with Gasteiger partial charge in [0.25, 0.3) is 0 Å². The zero-order valence-corrected chi connectivity index (χ0v) is 13.5. The van der Waals surface area contributed by atoms with E-state index < -0.39 is 0 Å². The molecular formula is C16H18N6S. The van der Waals surface area contributed by atoms with E-state index in [4.69, 9.17) is 11.5 Å². The number of nitrogen functional groups attached to an aromatic ring is 2. The molecule has 0 saturated carbocycles. The molecule has 1 aromatic carbocycles. The first kappa shape index (κ1) is 15.6. The molecule has 0 spiro atoms. The van der Waals surface area contributed by atoms with E-state index in [1.54, 1.807) is 0 Å². The number of hydrogen-bond acceptors (Lipinski definition) is 7. The number of rotatable bonds is 3. The molecule has 0 bridgehead atoms. The molecule has 1 aromatic heterocycles. The van der Waals surface area contributed by atoms with Crippen LogP contribution in [0.25, 0.3) is 11.3 Å². The van der Waals surface area contributed by atoms with Crippen LogP contribution >= 0.6 is 11.8 Å². The van der Waals surface area contributed by atoms with Gasteiger partial charge in [0.05, 0.1) is 5.69 Å². The third-order valence-corrected chi connectivity index (χ3v) is 4.72. The van der Waals surface area contributed by atoms with E-state index in [2.05, 4.69) is 27.0 Å². The maximum absolute atomic E-state index is 9.32. The summed E-state index contributed by atoms with van der Waals surface area (Å²) in [5.41, 5.74) is 14.3. The predicted molar refractivity (Wildman–Crippen MR) is 93.6 cm³/mol. The van der Waals surface area contributed by atoms with Crippen LogP contribution in [-0.4, -0.2) is 39.5 Å². The lowest BCUT2D eigenvalue weighted by Crippen LogP contribution is -2.31. The van der Waals surface area contributed by atoms with Crippen molar-refractivity contribution in [2.24, 2.45) is 0 Å². The number of anilines is 2. The van der Waals surface area contributed by atoms with E-state index in [-0.39, 0.29) is 17.3 Å². The molecular weight excluding hydrogens is 308 g/mol. The second-order valence-corrected chi connectivity index (χ2v) is 6.62. The van der Waals surface area contributed by atoms with Crippen LogP contribution in [0, 0.1) is 11.3 Å². The molecule has 1 aliphatic heterocycles. The van der Waals surface area contributed by atoms with Crippen LogP contribution in [0.4, 0.5) is 11.8 Å². The summed E-state index contributed by atoms with van der Waals surface area (Å²) in [4.78, 5) is 10.5. The van der Waals surface area contributed by atoms with Gasteiger partial charge in [0.15, 0.2) is 0 Å². The Kier molecular flexibility index (Phi) is 4.65. The highest BCUT2D eigenvalue weighted by molar-refractivity contribution is 7.99. The average molecular weight is 326 g/mol. The van der Waals surface area contributed by atoms with Gasteiger partial charge < -0.3 is 11.5 Å². The summed E-state index contributed by atoms with van der Waals surface area (Å²) in [6, 6.07) is 10.1. The van der Waals surface area contributed by atoms with Crippen LogP contribution in [-0.2, 0) is 6.54 Å². The Labute approximate surface area is 139 Å². The first-order valence-corrected chi connectivity index (χ1v) is 8.55. The molecule has 3 rings (SSSR count). The minimum atomic E-state index is 0.0787. The third kappa shape index (κ3) is 3.55. The van der Waals surface area contributed by atoms with Crippen LogP contribution in [0.15, 0.2) is 24.3 Å². The van der Waals surface area contributed by atoms with Crippen LogP contribution in [0.1, 0.15) is 11.1 Å². The number of benzene rings is 1. The van der Waals surface area contributed by atoms with Gasteiger partial charge in [-0.3, -0.25) is 4.90 Å². The summed E-state index contributed by atoms with van der Waals surface area (Å²) in [6.07, 6.45) is 0. The van der Waals surface area contributed by atoms with Gasteiger partial charge in [-0.1, -0.05) is 18.2 Å². The maximum Gasteiger partial charge on any atom is 0.222 e. The third-order valence-electron chi connectivity index (χ3n) is 3.78. The number of hydrogen-bond donors (Lipinski definition) is 2. The highest BCUT2D eigenvalue weighted by atomic mass is 32.2. The zero-order chi connectivity index (χ0) is 16.2. The zero-order valence-electron chi connectivity index (χ0n) is 12.7. The van der Waals surface area contributed by atoms with E-state index in [0.717, 1.165) is 25.2 Å². The van der Waals surface area contributed by atoms with E-state index in [1.807, 2.05) is 30.0 Å². The number of nitriles is 1. The summed E-state index contributed by atoms with van der Waals surface area (Å²) in [5.74, 6) is 2.55. The first-order chi connectivity index (χ1) is 11.2. The lowest BCUT2D eigenvalue weighted by Gasteiger charge is -2.26. The lowest BCUT2D eigenvalue weighted by molar-refractivity contribution is 0.294. The van der Waals surface area contributed by atoms with Crippen molar-refractivity contribution in [1.82, 2.24) is 14.9 Å². The Hall–Kier alpha value is -2.30. The molecule has 1 fully saturated rings. The van der Waals surface area contributed by atoms with Crippen molar-refractivity contribution < 1.29 is 0 Å². The highest BCUT2D eigenvalue weighted by Gasteiger charge is 2.15. The molecule has 7 heteroatoms. The van der Waals surface area contributed by atoms with Crippen molar-refractivity contribution in [3.8, 4) is 17.3 Å². The smallest absolute Gasteiger partial charge is 0.222 e. The Morgan fingerprint density at radius 3 is 2.74 bits per heavy atom. The molecule has 1 saturated heterocycles. The van der Waals surface area contributed by atoms with Crippen LogP contribution in [0.5, 0.6) is 0 Å². The fourth-order valence-corrected chi connectivity index (χ4v) is 3.63. The van der Waals surface area contributed by atoms with Crippen molar-refractivity contribution in [2.75, 3.05) is 36.1 Å². The van der Waals surface area contributed by atoms with Crippen molar-refractivity contribution in [3.05, 3.63) is 35.4 Å². The SMILES string of the molecule is N#Cc1c(N)nc(N)nc1-c1cccc(CN2CCSCC2)c1. The summed E-state index contributed by atoms with van der Waals surface area (Å²) < 4.78 is 0. The molecule has 2 aromatic rings. The Morgan fingerprint density at radius 1 is 1.22 bits per heavy atom. The molecule has 6 nitrogen and oxygen atoms in total. The van der Waals surface area contributed by atoms with Gasteiger partial charge in [0.2, 0.25) is 5.95 Å². The predicted octanol–water partition coefficient (Wildman–Crippen LogP) is 1.73. The number of thioether (sulfide) groups is 1. The molecule has 0 amide bonds. The normalized spacial score (nSPS) is 15.3. The summed E-state index contributed by atoms with van der Waals surface area (Å²) >= 11 is 1.99. The molecule has 23 heavy (non-hydrogen) atoms. The molecule has 1 aliphatic rings. The van der Waals surface area contributed by atoms with Crippen LogP contribution < -0.4 is 11.5 Å². The second kappa shape index (κ2) is 6.86. The molecule has 4 N–H and O–H groups in total. The molecule has 0 aliphatic carbocycles. The van der Waals surface area contributed by atoms with Gasteiger partial charge in [-0.2, -0.15) is 22.0 Å². The average Bonchev–Trinajstić information content (AvgIpc) is 2.55. The van der Waals surface area contributed by atoms with Crippen molar-refractivity contribution in [3.63, 3.8) is 0 Å². The van der Waals surface area contributed by atoms with Gasteiger partial charge in [-0.05, 0) is 11.6 Å². The molecule has 2 heterocycles.